The predicted molar refractivity (Wildman–Crippen MR) is 117 cm³/mol. The maximum atomic E-state index is 12.6. The maximum absolute atomic E-state index is 12.6. The lowest BCUT2D eigenvalue weighted by atomic mass is 10.1. The monoisotopic (exact) mass is 410 g/mol. The lowest BCUT2D eigenvalue weighted by molar-refractivity contribution is 0.0952. The van der Waals surface area contributed by atoms with Gasteiger partial charge in [0.25, 0.3) is 5.91 Å². The summed E-state index contributed by atoms with van der Waals surface area (Å²) in [7, 11) is 1.54. The van der Waals surface area contributed by atoms with Crippen molar-refractivity contribution in [1.82, 2.24) is 5.43 Å². The lowest BCUT2D eigenvalue weighted by Crippen LogP contribution is -2.18. The highest BCUT2D eigenvalue weighted by Crippen LogP contribution is 2.27. The van der Waals surface area contributed by atoms with Crippen LogP contribution in [0.5, 0.6) is 11.5 Å². The van der Waals surface area contributed by atoms with Gasteiger partial charge in [-0.2, -0.15) is 5.10 Å². The van der Waals surface area contributed by atoms with E-state index in [1.165, 1.54) is 13.3 Å². The Hall–Kier alpha value is -3.05. The normalized spacial score (nSPS) is 12.1. The van der Waals surface area contributed by atoms with Gasteiger partial charge in [-0.1, -0.05) is 42.8 Å². The third-order valence-electron chi connectivity index (χ3n) is 4.55. The van der Waals surface area contributed by atoms with Crippen LogP contribution in [-0.4, -0.2) is 25.3 Å². The van der Waals surface area contributed by atoms with Gasteiger partial charge in [0.1, 0.15) is 11.5 Å². The van der Waals surface area contributed by atoms with E-state index in [1.54, 1.807) is 18.2 Å². The van der Waals surface area contributed by atoms with E-state index < -0.39 is 0 Å². The fraction of sp³-hybridized carbons (Fsp3) is 0.217. The molecule has 0 bridgehead atoms. The number of benzene rings is 3. The molecule has 0 saturated carbocycles. The second-order valence-corrected chi connectivity index (χ2v) is 7.03. The third-order valence-corrected chi connectivity index (χ3v) is 4.85. The van der Waals surface area contributed by atoms with Gasteiger partial charge in [0.15, 0.2) is 0 Å². The minimum atomic E-state index is -0.355. The minimum Gasteiger partial charge on any atom is -0.496 e. The first-order valence-corrected chi connectivity index (χ1v) is 9.76. The van der Waals surface area contributed by atoms with Gasteiger partial charge in [0, 0.05) is 0 Å². The first-order valence-electron chi connectivity index (χ1n) is 9.38. The molecule has 5 nitrogen and oxygen atoms in total. The molecule has 0 aliphatic heterocycles. The van der Waals surface area contributed by atoms with Crippen LogP contribution in [0.15, 0.2) is 59.7 Å². The molecule has 29 heavy (non-hydrogen) atoms. The van der Waals surface area contributed by atoms with E-state index >= 15 is 0 Å². The van der Waals surface area contributed by atoms with Gasteiger partial charge in [0.2, 0.25) is 0 Å². The molecule has 0 saturated heterocycles. The number of rotatable bonds is 7. The number of fused-ring (bicyclic) bond motifs is 1. The van der Waals surface area contributed by atoms with Crippen molar-refractivity contribution in [3.8, 4) is 11.5 Å². The van der Waals surface area contributed by atoms with Gasteiger partial charge in [0.05, 0.1) is 30.0 Å². The van der Waals surface area contributed by atoms with Crippen LogP contribution >= 0.6 is 11.6 Å². The van der Waals surface area contributed by atoms with Gasteiger partial charge in [-0.25, -0.2) is 5.43 Å². The molecule has 0 heterocycles. The summed E-state index contributed by atoms with van der Waals surface area (Å²) in [5.41, 5.74) is 3.70. The SMILES string of the molecule is CCC(C)Oc1ccc(C=NNC(=O)c2cc3ccccc3cc2OC)cc1Cl. The third kappa shape index (κ3) is 5.06. The Balaban J connectivity index is 1.73. The highest BCUT2D eigenvalue weighted by molar-refractivity contribution is 6.32. The van der Waals surface area contributed by atoms with Crippen LogP contribution in [0, 0.1) is 0 Å². The summed E-state index contributed by atoms with van der Waals surface area (Å²) in [6.45, 7) is 4.04. The Labute approximate surface area is 175 Å². The van der Waals surface area contributed by atoms with Crippen LogP contribution in [0.25, 0.3) is 10.8 Å². The number of nitrogens with one attached hydrogen (secondary N) is 1. The molecule has 1 unspecified atom stereocenters. The summed E-state index contributed by atoms with van der Waals surface area (Å²) in [5.74, 6) is 0.765. The molecule has 0 aromatic heterocycles. The summed E-state index contributed by atoms with van der Waals surface area (Å²) in [6, 6.07) is 16.8. The van der Waals surface area contributed by atoms with Crippen LogP contribution in [0.2, 0.25) is 5.02 Å². The molecule has 0 spiro atoms. The number of ether oxygens (including phenoxy) is 2. The fourth-order valence-electron chi connectivity index (χ4n) is 2.78. The van der Waals surface area contributed by atoms with Gasteiger partial charge in [-0.3, -0.25) is 4.79 Å². The van der Waals surface area contributed by atoms with E-state index in [2.05, 4.69) is 10.5 Å². The maximum Gasteiger partial charge on any atom is 0.275 e. The van der Waals surface area contributed by atoms with Gasteiger partial charge >= 0.3 is 0 Å². The minimum absolute atomic E-state index is 0.0863. The van der Waals surface area contributed by atoms with E-state index in [-0.39, 0.29) is 12.0 Å². The predicted octanol–water partition coefficient (Wildman–Crippen LogP) is 5.44. The van der Waals surface area contributed by atoms with Crippen molar-refractivity contribution in [2.45, 2.75) is 26.4 Å². The van der Waals surface area contributed by atoms with Crippen molar-refractivity contribution in [3.63, 3.8) is 0 Å². The molecule has 0 aliphatic carbocycles. The zero-order chi connectivity index (χ0) is 20.8. The molecule has 0 radical (unpaired) electrons. The largest absolute Gasteiger partial charge is 0.496 e. The Kier molecular flexibility index (Phi) is 6.73. The van der Waals surface area contributed by atoms with Crippen LogP contribution in [0.3, 0.4) is 0 Å². The number of halogens is 1. The average Bonchev–Trinajstić information content (AvgIpc) is 2.74. The molecular formula is C23H23ClN2O3. The summed E-state index contributed by atoms with van der Waals surface area (Å²) in [4.78, 5) is 12.6. The highest BCUT2D eigenvalue weighted by Gasteiger charge is 2.13. The van der Waals surface area contributed by atoms with Crippen molar-refractivity contribution in [2.75, 3.05) is 7.11 Å². The fourth-order valence-corrected chi connectivity index (χ4v) is 3.02. The number of carbonyl (C=O) groups is 1. The van der Waals surface area contributed by atoms with Crippen molar-refractivity contribution < 1.29 is 14.3 Å². The topological polar surface area (TPSA) is 59.9 Å². The Morgan fingerprint density at radius 2 is 1.86 bits per heavy atom. The molecule has 1 atom stereocenters. The molecular weight excluding hydrogens is 388 g/mol. The van der Waals surface area contributed by atoms with Gasteiger partial charge < -0.3 is 9.47 Å². The second-order valence-electron chi connectivity index (χ2n) is 6.63. The second kappa shape index (κ2) is 9.43. The molecule has 0 aliphatic rings. The first-order chi connectivity index (χ1) is 14.0. The molecule has 0 fully saturated rings. The summed E-state index contributed by atoms with van der Waals surface area (Å²) >= 11 is 6.27. The standard InChI is InChI=1S/C23H23ClN2O3/c1-4-15(2)29-21-10-9-16(11-20(21)24)14-25-26-23(27)19-12-17-7-5-6-8-18(17)13-22(19)28-3/h5-15H,4H2,1-3H3,(H,26,27). The summed E-state index contributed by atoms with van der Waals surface area (Å²) < 4.78 is 11.1. The average molecular weight is 411 g/mol. The number of hydrogen-bond acceptors (Lipinski definition) is 4. The molecule has 150 valence electrons. The Morgan fingerprint density at radius 3 is 2.52 bits per heavy atom. The first kappa shape index (κ1) is 20.7. The van der Waals surface area contributed by atoms with E-state index in [1.807, 2.05) is 50.2 Å². The van der Waals surface area contributed by atoms with Crippen molar-refractivity contribution >= 4 is 34.5 Å². The van der Waals surface area contributed by atoms with Crippen molar-refractivity contribution in [1.29, 1.82) is 0 Å². The zero-order valence-corrected chi connectivity index (χ0v) is 17.4. The number of nitrogens with zero attached hydrogens (tertiary/aromatic N) is 1. The van der Waals surface area contributed by atoms with E-state index in [0.29, 0.717) is 22.1 Å². The molecule has 1 N–H and O–H groups in total. The van der Waals surface area contributed by atoms with E-state index in [4.69, 9.17) is 21.1 Å². The molecule has 3 rings (SSSR count). The van der Waals surface area contributed by atoms with Gasteiger partial charge in [-0.05, 0) is 60.0 Å². The molecule has 3 aromatic carbocycles. The molecule has 6 heteroatoms. The zero-order valence-electron chi connectivity index (χ0n) is 16.6. The Bertz CT molecular complexity index is 1050. The smallest absolute Gasteiger partial charge is 0.275 e. The van der Waals surface area contributed by atoms with Crippen LogP contribution in [-0.2, 0) is 0 Å². The van der Waals surface area contributed by atoms with Crippen molar-refractivity contribution in [3.05, 3.63) is 70.7 Å². The van der Waals surface area contributed by atoms with Gasteiger partial charge in [-0.15, -0.1) is 0 Å². The quantitative estimate of drug-likeness (QED) is 0.416. The van der Waals surface area contributed by atoms with E-state index in [9.17, 15) is 4.79 Å². The van der Waals surface area contributed by atoms with Crippen LogP contribution in [0.1, 0.15) is 36.2 Å². The number of methoxy groups -OCH3 is 1. The number of hydrogen-bond donors (Lipinski definition) is 1. The summed E-state index contributed by atoms with van der Waals surface area (Å²) in [6.07, 6.45) is 2.51. The number of carbonyl (C=O) groups excluding carboxylic acids is 1. The number of hydrazone groups is 1. The summed E-state index contributed by atoms with van der Waals surface area (Å²) in [5, 5.41) is 6.49. The highest BCUT2D eigenvalue weighted by atomic mass is 35.5. The van der Waals surface area contributed by atoms with Crippen LogP contribution in [0.4, 0.5) is 0 Å². The Morgan fingerprint density at radius 1 is 1.14 bits per heavy atom. The molecule has 3 aromatic rings. The lowest BCUT2D eigenvalue weighted by Gasteiger charge is -2.13. The number of amides is 1. The van der Waals surface area contributed by atoms with Crippen LogP contribution < -0.4 is 14.9 Å². The van der Waals surface area contributed by atoms with E-state index in [0.717, 1.165) is 22.8 Å². The molecule has 1 amide bonds. The van der Waals surface area contributed by atoms with Crippen molar-refractivity contribution in [2.24, 2.45) is 5.10 Å².